The maximum Gasteiger partial charge on any atom is 0.246 e. The predicted molar refractivity (Wildman–Crippen MR) is 110 cm³/mol. The minimum atomic E-state index is -0.406. The zero-order valence-corrected chi connectivity index (χ0v) is 16.9. The molecule has 3 rings (SSSR count). The van der Waals surface area contributed by atoms with Crippen LogP contribution in [0.4, 0.5) is 5.69 Å². The summed E-state index contributed by atoms with van der Waals surface area (Å²) in [6.07, 6.45) is 0. The molecule has 0 unspecified atom stereocenters. The predicted octanol–water partition coefficient (Wildman–Crippen LogP) is 2.48. The summed E-state index contributed by atoms with van der Waals surface area (Å²) in [6.45, 7) is 3.05. The first-order chi connectivity index (χ1) is 13.4. The van der Waals surface area contributed by atoms with Crippen molar-refractivity contribution in [1.29, 1.82) is 0 Å². The standard InChI is InChI=1S/C22H27N3O3/c1-16-7-5-8-17(13-16)21(23(2)3)22(27)24-11-12-25(20(26)15-24)18-9-6-10-19(14-18)28-4/h5-10,13-14,21H,11-12,15H2,1-4H3/t21-/m0/s1. The van der Waals surface area contributed by atoms with Gasteiger partial charge in [0.15, 0.2) is 0 Å². The number of benzene rings is 2. The number of amides is 2. The molecule has 1 saturated heterocycles. The van der Waals surface area contributed by atoms with Crippen LogP contribution in [-0.4, -0.2) is 62.5 Å². The number of rotatable bonds is 5. The fourth-order valence-electron chi connectivity index (χ4n) is 3.59. The third kappa shape index (κ3) is 4.17. The number of likely N-dealkylation sites (N-methyl/N-ethyl adjacent to an activating group) is 1. The van der Waals surface area contributed by atoms with Gasteiger partial charge in [-0.3, -0.25) is 14.5 Å². The number of anilines is 1. The summed E-state index contributed by atoms with van der Waals surface area (Å²) < 4.78 is 5.25. The number of carbonyl (C=O) groups excluding carboxylic acids is 2. The first-order valence-corrected chi connectivity index (χ1v) is 9.37. The number of carbonyl (C=O) groups is 2. The summed E-state index contributed by atoms with van der Waals surface area (Å²) in [4.78, 5) is 31.3. The van der Waals surface area contributed by atoms with Crippen LogP contribution < -0.4 is 9.64 Å². The minimum absolute atomic E-state index is 0.0470. The van der Waals surface area contributed by atoms with E-state index in [1.807, 2.05) is 74.4 Å². The molecule has 2 amide bonds. The van der Waals surface area contributed by atoms with E-state index in [1.165, 1.54) is 0 Å². The lowest BCUT2D eigenvalue weighted by atomic mass is 10.0. The maximum atomic E-state index is 13.2. The molecule has 148 valence electrons. The van der Waals surface area contributed by atoms with Crippen molar-refractivity contribution in [3.05, 3.63) is 59.7 Å². The van der Waals surface area contributed by atoms with E-state index in [1.54, 1.807) is 16.9 Å². The van der Waals surface area contributed by atoms with E-state index in [9.17, 15) is 9.59 Å². The Morgan fingerprint density at radius 1 is 1.11 bits per heavy atom. The molecule has 6 heteroatoms. The van der Waals surface area contributed by atoms with Crippen LogP contribution >= 0.6 is 0 Å². The van der Waals surface area contributed by atoms with Gasteiger partial charge in [-0.2, -0.15) is 0 Å². The molecule has 1 aliphatic heterocycles. The van der Waals surface area contributed by atoms with Crippen LogP contribution in [0.25, 0.3) is 0 Å². The highest BCUT2D eigenvalue weighted by atomic mass is 16.5. The molecule has 0 N–H and O–H groups in total. The van der Waals surface area contributed by atoms with E-state index >= 15 is 0 Å². The molecular weight excluding hydrogens is 354 g/mol. The Labute approximate surface area is 166 Å². The van der Waals surface area contributed by atoms with Crippen molar-refractivity contribution in [3.63, 3.8) is 0 Å². The van der Waals surface area contributed by atoms with Crippen molar-refractivity contribution in [1.82, 2.24) is 9.80 Å². The van der Waals surface area contributed by atoms with Gasteiger partial charge in [-0.15, -0.1) is 0 Å². The number of hydrogen-bond donors (Lipinski definition) is 0. The smallest absolute Gasteiger partial charge is 0.246 e. The molecule has 0 saturated carbocycles. The van der Waals surface area contributed by atoms with Crippen molar-refractivity contribution in [3.8, 4) is 5.75 Å². The number of hydrogen-bond acceptors (Lipinski definition) is 4. The van der Waals surface area contributed by atoms with Gasteiger partial charge >= 0.3 is 0 Å². The van der Waals surface area contributed by atoms with E-state index in [0.29, 0.717) is 18.8 Å². The average molecular weight is 381 g/mol. The average Bonchev–Trinajstić information content (AvgIpc) is 2.67. The number of piperazine rings is 1. The molecule has 1 aliphatic rings. The van der Waals surface area contributed by atoms with Crippen molar-refractivity contribution < 1.29 is 14.3 Å². The van der Waals surface area contributed by atoms with Crippen LogP contribution in [0.1, 0.15) is 17.2 Å². The monoisotopic (exact) mass is 381 g/mol. The summed E-state index contributed by atoms with van der Waals surface area (Å²) in [5.74, 6) is 0.569. The van der Waals surface area contributed by atoms with Gasteiger partial charge in [0.05, 0.1) is 7.11 Å². The van der Waals surface area contributed by atoms with Crippen molar-refractivity contribution >= 4 is 17.5 Å². The van der Waals surface area contributed by atoms with Crippen LogP contribution in [0, 0.1) is 6.92 Å². The van der Waals surface area contributed by atoms with E-state index in [2.05, 4.69) is 0 Å². The second-order valence-corrected chi connectivity index (χ2v) is 7.29. The first-order valence-electron chi connectivity index (χ1n) is 9.37. The molecule has 0 bridgehead atoms. The van der Waals surface area contributed by atoms with Crippen molar-refractivity contribution in [2.24, 2.45) is 0 Å². The molecule has 0 spiro atoms. The Bertz CT molecular complexity index is 866. The van der Waals surface area contributed by atoms with E-state index in [-0.39, 0.29) is 18.4 Å². The first kappa shape index (κ1) is 19.9. The lowest BCUT2D eigenvalue weighted by Gasteiger charge is -2.37. The van der Waals surface area contributed by atoms with Gasteiger partial charge in [0, 0.05) is 24.8 Å². The largest absolute Gasteiger partial charge is 0.497 e. The third-order valence-electron chi connectivity index (χ3n) is 5.01. The molecule has 0 aliphatic carbocycles. The number of methoxy groups -OCH3 is 1. The molecule has 2 aromatic rings. The second-order valence-electron chi connectivity index (χ2n) is 7.29. The normalized spacial score (nSPS) is 15.7. The van der Waals surface area contributed by atoms with Crippen LogP contribution in [0.3, 0.4) is 0 Å². The highest BCUT2D eigenvalue weighted by molar-refractivity contribution is 5.98. The summed E-state index contributed by atoms with van der Waals surface area (Å²) >= 11 is 0. The fraction of sp³-hybridized carbons (Fsp3) is 0.364. The zero-order chi connectivity index (χ0) is 20.3. The molecular formula is C22H27N3O3. The Morgan fingerprint density at radius 3 is 2.50 bits per heavy atom. The van der Waals surface area contributed by atoms with Gasteiger partial charge in [-0.05, 0) is 38.7 Å². The van der Waals surface area contributed by atoms with Gasteiger partial charge in [-0.25, -0.2) is 0 Å². The maximum absolute atomic E-state index is 13.2. The Hall–Kier alpha value is -2.86. The van der Waals surface area contributed by atoms with Gasteiger partial charge in [0.25, 0.3) is 0 Å². The molecule has 0 aromatic heterocycles. The SMILES string of the molecule is COc1cccc(N2CCN(C(=O)[C@H](c3cccc(C)c3)N(C)C)CC2=O)c1. The Balaban J connectivity index is 1.76. The highest BCUT2D eigenvalue weighted by Crippen LogP contribution is 2.26. The van der Waals surface area contributed by atoms with Gasteiger partial charge in [0.1, 0.15) is 18.3 Å². The number of nitrogens with zero attached hydrogens (tertiary/aromatic N) is 3. The molecule has 6 nitrogen and oxygen atoms in total. The second kappa shape index (κ2) is 8.44. The highest BCUT2D eigenvalue weighted by Gasteiger charge is 2.33. The Kier molecular flexibility index (Phi) is 5.99. The fourth-order valence-corrected chi connectivity index (χ4v) is 3.59. The van der Waals surface area contributed by atoms with Gasteiger partial charge in [-0.1, -0.05) is 35.9 Å². The van der Waals surface area contributed by atoms with E-state index in [0.717, 1.165) is 16.8 Å². The Morgan fingerprint density at radius 2 is 1.86 bits per heavy atom. The lowest BCUT2D eigenvalue weighted by Crippen LogP contribution is -2.54. The van der Waals surface area contributed by atoms with E-state index in [4.69, 9.17) is 4.74 Å². The lowest BCUT2D eigenvalue weighted by molar-refractivity contribution is -0.141. The van der Waals surface area contributed by atoms with Gasteiger partial charge in [0.2, 0.25) is 11.8 Å². The zero-order valence-electron chi connectivity index (χ0n) is 16.9. The summed E-state index contributed by atoms with van der Waals surface area (Å²) in [5, 5.41) is 0. The van der Waals surface area contributed by atoms with Crippen molar-refractivity contribution in [2.75, 3.05) is 45.7 Å². The van der Waals surface area contributed by atoms with Crippen LogP contribution in [0.15, 0.2) is 48.5 Å². The van der Waals surface area contributed by atoms with Crippen molar-refractivity contribution in [2.45, 2.75) is 13.0 Å². The topological polar surface area (TPSA) is 53.1 Å². The molecule has 0 radical (unpaired) electrons. The van der Waals surface area contributed by atoms with Crippen LogP contribution in [-0.2, 0) is 9.59 Å². The van der Waals surface area contributed by atoms with Gasteiger partial charge < -0.3 is 14.5 Å². The summed E-state index contributed by atoms with van der Waals surface area (Å²) in [5.41, 5.74) is 2.84. The molecule has 1 atom stereocenters. The molecule has 2 aromatic carbocycles. The number of ether oxygens (including phenoxy) is 1. The number of aryl methyl sites for hydroxylation is 1. The minimum Gasteiger partial charge on any atom is -0.497 e. The molecule has 28 heavy (non-hydrogen) atoms. The summed E-state index contributed by atoms with van der Waals surface area (Å²) in [6, 6.07) is 15.0. The molecule has 1 heterocycles. The van der Waals surface area contributed by atoms with Crippen LogP contribution in [0.5, 0.6) is 5.75 Å². The van der Waals surface area contributed by atoms with Crippen LogP contribution in [0.2, 0.25) is 0 Å². The summed E-state index contributed by atoms with van der Waals surface area (Å²) in [7, 11) is 5.38. The third-order valence-corrected chi connectivity index (χ3v) is 5.01. The van der Waals surface area contributed by atoms with E-state index < -0.39 is 6.04 Å². The quantitative estimate of drug-likeness (QED) is 0.799. The molecule has 1 fully saturated rings.